The average Bonchev–Trinajstić information content (AvgIpc) is 2.62. The van der Waals surface area contributed by atoms with Crippen molar-refractivity contribution in [3.05, 3.63) is 72.3 Å². The van der Waals surface area contributed by atoms with Gasteiger partial charge in [-0.05, 0) is 11.6 Å². The van der Waals surface area contributed by atoms with Crippen LogP contribution in [0, 0.1) is 11.3 Å². The van der Waals surface area contributed by atoms with Crippen LogP contribution in [-0.4, -0.2) is 19.1 Å². The molecule has 1 aromatic heterocycles. The lowest BCUT2D eigenvalue weighted by atomic mass is 9.98. The molecule has 0 unspecified atom stereocenters. The van der Waals surface area contributed by atoms with Crippen molar-refractivity contribution in [2.45, 2.75) is 0 Å². The molecule has 0 fully saturated rings. The first-order valence-electron chi connectivity index (χ1n) is 7.44. The van der Waals surface area contributed by atoms with Crippen LogP contribution in [-0.2, 0) is 0 Å². The smallest absolute Gasteiger partial charge is 0.147 e. The van der Waals surface area contributed by atoms with Crippen molar-refractivity contribution in [3.63, 3.8) is 0 Å². The monoisotopic (exact) mass is 299 g/mol. The highest BCUT2D eigenvalue weighted by atomic mass is 15.1. The highest BCUT2D eigenvalue weighted by Gasteiger charge is 2.16. The summed E-state index contributed by atoms with van der Waals surface area (Å²) >= 11 is 0. The van der Waals surface area contributed by atoms with E-state index >= 15 is 0 Å². The third kappa shape index (κ3) is 2.93. The van der Waals surface area contributed by atoms with Crippen LogP contribution in [0.5, 0.6) is 0 Å². The summed E-state index contributed by atoms with van der Waals surface area (Å²) in [7, 11) is 3.82. The summed E-state index contributed by atoms with van der Waals surface area (Å²) in [5.74, 6) is 0.688. The molecule has 2 aromatic carbocycles. The molecular formula is C20H17N3. The first-order chi connectivity index (χ1) is 11.2. The lowest BCUT2D eigenvalue weighted by molar-refractivity contribution is 1.06. The topological polar surface area (TPSA) is 39.9 Å². The van der Waals surface area contributed by atoms with E-state index in [1.54, 1.807) is 0 Å². The molecule has 23 heavy (non-hydrogen) atoms. The number of pyridine rings is 1. The Morgan fingerprint density at radius 3 is 1.96 bits per heavy atom. The van der Waals surface area contributed by atoms with Gasteiger partial charge in [0.15, 0.2) is 0 Å². The molecule has 3 heteroatoms. The molecule has 0 spiro atoms. The van der Waals surface area contributed by atoms with Gasteiger partial charge in [0, 0.05) is 25.2 Å². The second-order valence-corrected chi connectivity index (χ2v) is 5.49. The van der Waals surface area contributed by atoms with E-state index in [0.29, 0.717) is 11.4 Å². The van der Waals surface area contributed by atoms with Crippen molar-refractivity contribution >= 4 is 5.82 Å². The van der Waals surface area contributed by atoms with Gasteiger partial charge in [0.1, 0.15) is 17.5 Å². The molecule has 0 saturated carbocycles. The summed E-state index contributed by atoms with van der Waals surface area (Å²) in [4.78, 5) is 6.59. The Labute approximate surface area is 136 Å². The van der Waals surface area contributed by atoms with Crippen molar-refractivity contribution < 1.29 is 0 Å². The number of aromatic nitrogens is 1. The Balaban J connectivity index is 2.29. The predicted molar refractivity (Wildman–Crippen MR) is 94.2 cm³/mol. The second kappa shape index (κ2) is 6.33. The quantitative estimate of drug-likeness (QED) is 0.721. The number of nitriles is 1. The summed E-state index contributed by atoms with van der Waals surface area (Å²) in [6.45, 7) is 0. The van der Waals surface area contributed by atoms with Gasteiger partial charge in [-0.3, -0.25) is 0 Å². The Bertz CT molecular complexity index is 847. The fourth-order valence-corrected chi connectivity index (χ4v) is 2.57. The third-order valence-electron chi connectivity index (χ3n) is 3.69. The Morgan fingerprint density at radius 1 is 0.870 bits per heavy atom. The first-order valence-corrected chi connectivity index (χ1v) is 7.44. The van der Waals surface area contributed by atoms with Crippen molar-refractivity contribution in [3.8, 4) is 28.5 Å². The van der Waals surface area contributed by atoms with E-state index in [-0.39, 0.29) is 0 Å². The fourth-order valence-electron chi connectivity index (χ4n) is 2.57. The lowest BCUT2D eigenvalue weighted by Crippen LogP contribution is -2.13. The Morgan fingerprint density at radius 2 is 1.43 bits per heavy atom. The molecule has 3 aromatic rings. The Kier molecular flexibility index (Phi) is 4.07. The SMILES string of the molecule is CN(C)c1nc(-c2ccccc2)cc(-c2ccccc2)c1C#N. The minimum Gasteiger partial charge on any atom is -0.362 e. The van der Waals surface area contributed by atoms with Gasteiger partial charge in [-0.1, -0.05) is 60.7 Å². The lowest BCUT2D eigenvalue weighted by Gasteiger charge is -2.18. The number of hydrogen-bond acceptors (Lipinski definition) is 3. The zero-order chi connectivity index (χ0) is 16.2. The zero-order valence-electron chi connectivity index (χ0n) is 13.2. The zero-order valence-corrected chi connectivity index (χ0v) is 13.2. The number of nitrogens with zero attached hydrogens (tertiary/aromatic N) is 3. The van der Waals surface area contributed by atoms with E-state index in [9.17, 15) is 5.26 Å². The summed E-state index contributed by atoms with van der Waals surface area (Å²) in [6, 6.07) is 24.3. The standard InChI is InChI=1S/C20H17N3/c1-23(2)20-18(14-21)17(15-9-5-3-6-10-15)13-19(22-20)16-11-7-4-8-12-16/h3-13H,1-2H3. The molecular weight excluding hydrogens is 282 g/mol. The van der Waals surface area contributed by atoms with E-state index < -0.39 is 0 Å². The number of benzene rings is 2. The molecule has 0 N–H and O–H groups in total. The van der Waals surface area contributed by atoms with Gasteiger partial charge >= 0.3 is 0 Å². The van der Waals surface area contributed by atoms with Gasteiger partial charge in [0.05, 0.1) is 5.69 Å². The van der Waals surface area contributed by atoms with Crippen LogP contribution in [0.2, 0.25) is 0 Å². The van der Waals surface area contributed by atoms with E-state index in [4.69, 9.17) is 4.98 Å². The molecule has 1 heterocycles. The summed E-state index contributed by atoms with van der Waals surface area (Å²) in [5.41, 5.74) is 4.43. The van der Waals surface area contributed by atoms with Crippen molar-refractivity contribution in [1.29, 1.82) is 5.26 Å². The van der Waals surface area contributed by atoms with Crippen molar-refractivity contribution in [2.24, 2.45) is 0 Å². The molecule has 0 amide bonds. The maximum Gasteiger partial charge on any atom is 0.147 e. The van der Waals surface area contributed by atoms with Crippen LogP contribution in [0.15, 0.2) is 66.7 Å². The van der Waals surface area contributed by atoms with Crippen LogP contribution in [0.3, 0.4) is 0 Å². The highest BCUT2D eigenvalue weighted by Crippen LogP contribution is 2.33. The largest absolute Gasteiger partial charge is 0.362 e. The van der Waals surface area contributed by atoms with Crippen LogP contribution in [0.25, 0.3) is 22.4 Å². The van der Waals surface area contributed by atoms with Gasteiger partial charge in [-0.15, -0.1) is 0 Å². The molecule has 3 rings (SSSR count). The average molecular weight is 299 g/mol. The molecule has 0 atom stereocenters. The number of anilines is 1. The number of rotatable bonds is 3. The van der Waals surface area contributed by atoms with E-state index in [1.165, 1.54) is 0 Å². The molecule has 0 aliphatic rings. The van der Waals surface area contributed by atoms with Gasteiger partial charge < -0.3 is 4.90 Å². The second-order valence-electron chi connectivity index (χ2n) is 5.49. The van der Waals surface area contributed by atoms with Gasteiger partial charge in [-0.2, -0.15) is 5.26 Å². The first kappa shape index (κ1) is 14.8. The maximum absolute atomic E-state index is 9.65. The van der Waals surface area contributed by atoms with E-state index in [2.05, 4.69) is 6.07 Å². The van der Waals surface area contributed by atoms with Crippen molar-refractivity contribution in [2.75, 3.05) is 19.0 Å². The molecule has 3 nitrogen and oxygen atoms in total. The van der Waals surface area contributed by atoms with Gasteiger partial charge in [0.2, 0.25) is 0 Å². The maximum atomic E-state index is 9.65. The fraction of sp³-hybridized carbons (Fsp3) is 0.100. The van der Waals surface area contributed by atoms with Crippen LogP contribution >= 0.6 is 0 Å². The summed E-state index contributed by atoms with van der Waals surface area (Å²) in [6.07, 6.45) is 0. The highest BCUT2D eigenvalue weighted by molar-refractivity contribution is 5.81. The summed E-state index contributed by atoms with van der Waals surface area (Å²) < 4.78 is 0. The molecule has 112 valence electrons. The number of hydrogen-bond donors (Lipinski definition) is 0. The van der Waals surface area contributed by atoms with E-state index in [1.807, 2.05) is 85.7 Å². The molecule has 0 aliphatic carbocycles. The van der Waals surface area contributed by atoms with Crippen LogP contribution < -0.4 is 4.90 Å². The van der Waals surface area contributed by atoms with Crippen LogP contribution in [0.4, 0.5) is 5.82 Å². The van der Waals surface area contributed by atoms with Gasteiger partial charge in [0.25, 0.3) is 0 Å². The molecule has 0 bridgehead atoms. The minimum absolute atomic E-state index is 0.598. The Hall–Kier alpha value is -3.12. The molecule has 0 saturated heterocycles. The molecule has 0 aliphatic heterocycles. The predicted octanol–water partition coefficient (Wildman–Crippen LogP) is 4.35. The van der Waals surface area contributed by atoms with E-state index in [0.717, 1.165) is 22.4 Å². The normalized spacial score (nSPS) is 10.1. The minimum atomic E-state index is 0.598. The third-order valence-corrected chi connectivity index (χ3v) is 3.69. The summed E-state index contributed by atoms with van der Waals surface area (Å²) in [5, 5.41) is 9.65. The van der Waals surface area contributed by atoms with Crippen LogP contribution in [0.1, 0.15) is 5.56 Å². The molecule has 0 radical (unpaired) electrons. The van der Waals surface area contributed by atoms with Gasteiger partial charge in [-0.25, -0.2) is 4.98 Å². The van der Waals surface area contributed by atoms with Crippen molar-refractivity contribution in [1.82, 2.24) is 4.98 Å².